The van der Waals surface area contributed by atoms with Crippen LogP contribution < -0.4 is 15.5 Å². The van der Waals surface area contributed by atoms with Crippen molar-refractivity contribution in [2.75, 3.05) is 35.2 Å². The monoisotopic (exact) mass is 650 g/mol. The van der Waals surface area contributed by atoms with Crippen molar-refractivity contribution in [1.82, 2.24) is 14.9 Å². The van der Waals surface area contributed by atoms with Crippen LogP contribution in [-0.4, -0.2) is 52.5 Å². The van der Waals surface area contributed by atoms with Crippen molar-refractivity contribution in [3.05, 3.63) is 102 Å². The Morgan fingerprint density at radius 1 is 0.894 bits per heavy atom. The van der Waals surface area contributed by atoms with Crippen LogP contribution >= 0.6 is 0 Å². The predicted molar refractivity (Wildman–Crippen MR) is 168 cm³/mol. The van der Waals surface area contributed by atoms with Gasteiger partial charge in [-0.1, -0.05) is 42.5 Å². The van der Waals surface area contributed by atoms with Gasteiger partial charge in [-0.3, -0.25) is 4.79 Å². The lowest BCUT2D eigenvalue weighted by atomic mass is 9.79. The molecule has 2 fully saturated rings. The molecule has 2 N–H and O–H groups in total. The van der Waals surface area contributed by atoms with E-state index in [1.807, 2.05) is 30.0 Å². The van der Waals surface area contributed by atoms with Crippen LogP contribution in [0, 0.1) is 5.82 Å². The number of oxazole rings is 1. The lowest BCUT2D eigenvalue weighted by molar-refractivity contribution is -0.141. The molecule has 0 bridgehead atoms. The van der Waals surface area contributed by atoms with Gasteiger partial charge in [0.25, 0.3) is 5.91 Å². The number of amides is 3. The first-order valence-corrected chi connectivity index (χ1v) is 15.5. The fourth-order valence-electron chi connectivity index (χ4n) is 6.31. The molecule has 0 radical (unpaired) electrons. The average molecular weight is 651 g/mol. The van der Waals surface area contributed by atoms with Crippen molar-refractivity contribution in [2.45, 2.75) is 56.7 Å². The van der Waals surface area contributed by atoms with Crippen molar-refractivity contribution in [3.8, 4) is 0 Å². The highest BCUT2D eigenvalue weighted by atomic mass is 19.4. The fourth-order valence-corrected chi connectivity index (χ4v) is 6.31. The number of benzene rings is 2. The minimum Gasteiger partial charge on any atom is -0.435 e. The highest BCUT2D eigenvalue weighted by Gasteiger charge is 2.42. The van der Waals surface area contributed by atoms with Crippen LogP contribution in [0.3, 0.4) is 0 Å². The largest absolute Gasteiger partial charge is 0.437 e. The third-order valence-electron chi connectivity index (χ3n) is 8.80. The van der Waals surface area contributed by atoms with Crippen molar-refractivity contribution in [2.24, 2.45) is 0 Å². The van der Waals surface area contributed by atoms with Crippen LogP contribution in [0.15, 0.2) is 77.3 Å². The third kappa shape index (κ3) is 7.23. The number of urea groups is 1. The second-order valence-electron chi connectivity index (χ2n) is 11.9. The topological polar surface area (TPSA) is 104 Å². The number of aromatic nitrogens is 2. The van der Waals surface area contributed by atoms with Crippen molar-refractivity contribution in [1.29, 1.82) is 0 Å². The Bertz CT molecular complexity index is 1710. The first-order valence-electron chi connectivity index (χ1n) is 15.5. The molecule has 1 aliphatic carbocycles. The average Bonchev–Trinajstić information content (AvgIpc) is 3.54. The summed E-state index contributed by atoms with van der Waals surface area (Å²) < 4.78 is 61.3. The molecule has 0 spiro atoms. The van der Waals surface area contributed by atoms with E-state index in [-0.39, 0.29) is 29.2 Å². The number of para-hydroxylation sites is 1. The van der Waals surface area contributed by atoms with Crippen LogP contribution in [0.4, 0.5) is 39.5 Å². The number of hydrogen-bond acceptors (Lipinski definition) is 6. The first-order chi connectivity index (χ1) is 22.6. The van der Waals surface area contributed by atoms with Crippen molar-refractivity contribution in [3.63, 3.8) is 0 Å². The minimum atomic E-state index is -4.87. The maximum absolute atomic E-state index is 14.0. The zero-order chi connectivity index (χ0) is 33.1. The van der Waals surface area contributed by atoms with Gasteiger partial charge in [-0.15, -0.1) is 0 Å². The molecule has 246 valence electrons. The van der Waals surface area contributed by atoms with E-state index in [0.717, 1.165) is 12.8 Å². The lowest BCUT2D eigenvalue weighted by Gasteiger charge is -2.40. The van der Waals surface area contributed by atoms with Gasteiger partial charge in [0.2, 0.25) is 5.76 Å². The van der Waals surface area contributed by atoms with E-state index in [1.165, 1.54) is 30.0 Å². The maximum Gasteiger partial charge on any atom is 0.437 e. The van der Waals surface area contributed by atoms with Gasteiger partial charge in [-0.25, -0.2) is 19.2 Å². The fraction of sp³-hybridized carbons (Fsp3) is 0.353. The van der Waals surface area contributed by atoms with Gasteiger partial charge in [-0.2, -0.15) is 13.2 Å². The van der Waals surface area contributed by atoms with E-state index >= 15 is 0 Å². The number of nitrogens with zero attached hydrogens (tertiary/aromatic N) is 4. The van der Waals surface area contributed by atoms with Gasteiger partial charge in [-0.05, 0) is 68.4 Å². The number of carbonyl (C=O) groups is 2. The van der Waals surface area contributed by atoms with Gasteiger partial charge in [0.1, 0.15) is 11.6 Å². The molecule has 13 heteroatoms. The van der Waals surface area contributed by atoms with Crippen LogP contribution in [-0.2, 0) is 6.18 Å². The number of pyridine rings is 1. The molecule has 1 aliphatic heterocycles. The molecule has 9 nitrogen and oxygen atoms in total. The molecule has 1 saturated carbocycles. The summed E-state index contributed by atoms with van der Waals surface area (Å²) in [4.78, 5) is 37.5. The SMILES string of the molecule is C[C@H]1CN(c2ccc(NC(=O)c3oc(C4CCC(c5ccccc5)CC4)nc3C(F)(F)F)cn2)CCN1C(=O)Nc1ccccc1F. The molecule has 3 amide bonds. The summed E-state index contributed by atoms with van der Waals surface area (Å²) in [7, 11) is 0. The Morgan fingerprint density at radius 2 is 1.60 bits per heavy atom. The Hall–Kier alpha value is -4.94. The quantitative estimate of drug-likeness (QED) is 0.208. The van der Waals surface area contributed by atoms with Gasteiger partial charge in [0.15, 0.2) is 11.6 Å². The summed E-state index contributed by atoms with van der Waals surface area (Å²) >= 11 is 0. The first kappa shape index (κ1) is 32.0. The van der Waals surface area contributed by atoms with E-state index in [1.54, 1.807) is 23.1 Å². The highest BCUT2D eigenvalue weighted by molar-refractivity contribution is 6.03. The number of piperazine rings is 1. The van der Waals surface area contributed by atoms with Crippen molar-refractivity contribution >= 4 is 29.1 Å². The molecule has 1 atom stereocenters. The van der Waals surface area contributed by atoms with Gasteiger partial charge in [0, 0.05) is 31.6 Å². The normalized spacial score (nSPS) is 20.1. The number of rotatable bonds is 6. The summed E-state index contributed by atoms with van der Waals surface area (Å²) in [6.07, 6.45) is -0.744. The van der Waals surface area contributed by atoms with Crippen LogP contribution in [0.25, 0.3) is 0 Å². The number of hydrogen-bond donors (Lipinski definition) is 2. The van der Waals surface area contributed by atoms with Crippen LogP contribution in [0.1, 0.15) is 72.1 Å². The van der Waals surface area contributed by atoms with Gasteiger partial charge < -0.3 is 24.9 Å². The molecular formula is C34H34F4N6O3. The maximum atomic E-state index is 14.0. The van der Waals surface area contributed by atoms with E-state index in [0.29, 0.717) is 44.2 Å². The zero-order valence-electron chi connectivity index (χ0n) is 25.6. The van der Waals surface area contributed by atoms with Gasteiger partial charge >= 0.3 is 12.2 Å². The van der Waals surface area contributed by atoms with E-state index < -0.39 is 35.4 Å². The highest BCUT2D eigenvalue weighted by Crippen LogP contribution is 2.42. The molecule has 2 aliphatic rings. The van der Waals surface area contributed by atoms with Gasteiger partial charge in [0.05, 0.1) is 17.6 Å². The number of halogens is 4. The Morgan fingerprint density at radius 3 is 2.26 bits per heavy atom. The Kier molecular flexibility index (Phi) is 9.15. The number of carbonyl (C=O) groups excluding carboxylic acids is 2. The number of nitrogens with one attached hydrogen (secondary N) is 2. The zero-order valence-corrected chi connectivity index (χ0v) is 25.6. The van der Waals surface area contributed by atoms with E-state index in [9.17, 15) is 27.2 Å². The second kappa shape index (κ2) is 13.4. The lowest BCUT2D eigenvalue weighted by Crippen LogP contribution is -2.55. The summed E-state index contributed by atoms with van der Waals surface area (Å²) in [5.41, 5.74) is 0.144. The third-order valence-corrected chi connectivity index (χ3v) is 8.80. The predicted octanol–water partition coefficient (Wildman–Crippen LogP) is 7.66. The Labute approximate surface area is 269 Å². The summed E-state index contributed by atoms with van der Waals surface area (Å²) in [6.45, 7) is 3.09. The molecule has 2 aromatic carbocycles. The van der Waals surface area contributed by atoms with Crippen LogP contribution in [0.2, 0.25) is 0 Å². The van der Waals surface area contributed by atoms with Crippen molar-refractivity contribution < 1.29 is 31.6 Å². The van der Waals surface area contributed by atoms with Crippen LogP contribution in [0.5, 0.6) is 0 Å². The molecule has 47 heavy (non-hydrogen) atoms. The molecule has 0 unspecified atom stereocenters. The van der Waals surface area contributed by atoms with E-state index in [2.05, 4.69) is 32.7 Å². The summed E-state index contributed by atoms with van der Waals surface area (Å²) in [5, 5.41) is 5.06. The number of alkyl halides is 3. The van der Waals surface area contributed by atoms with E-state index in [4.69, 9.17) is 4.42 Å². The molecule has 3 heterocycles. The molecule has 6 rings (SSSR count). The molecule has 4 aromatic rings. The molecular weight excluding hydrogens is 616 g/mol. The summed E-state index contributed by atoms with van der Waals surface area (Å²) in [5.74, 6) is -1.96. The summed E-state index contributed by atoms with van der Waals surface area (Å²) in [6, 6.07) is 18.5. The minimum absolute atomic E-state index is 0.0710. The smallest absolute Gasteiger partial charge is 0.435 e. The standard InChI is InChI=1S/C34H34F4N6O3/c1-21-20-43(17-18-44(21)33(46)41-27-10-6-5-9-26(27)35)28-16-15-25(19-39-28)40-31(45)29-30(34(36,37)38)42-32(47-29)24-13-11-23(12-14-24)22-7-3-2-4-8-22/h2-10,15-16,19,21,23-24H,11-14,17-18,20H2,1H3,(H,40,45)(H,41,46)/t21-,23?,24?/m0/s1. The number of anilines is 3. The Balaban J connectivity index is 1.07. The molecule has 1 saturated heterocycles. The molecule has 2 aromatic heterocycles. The second-order valence-corrected chi connectivity index (χ2v) is 11.9.